The van der Waals surface area contributed by atoms with Gasteiger partial charge in [0.15, 0.2) is 0 Å². The van der Waals surface area contributed by atoms with Crippen molar-refractivity contribution >= 4 is 5.57 Å². The molecule has 0 aliphatic heterocycles. The minimum Gasteiger partial charge on any atom is -0.0982 e. The van der Waals surface area contributed by atoms with E-state index in [4.69, 9.17) is 13.2 Å². The average molecular weight is 437 g/mol. The van der Waals surface area contributed by atoms with E-state index in [2.05, 4.69) is 85.9 Å². The SMILES string of the molecule is C=C(C)C1=C(C)C[C@@]2(C)C[C@@]3(C)Cc4c(C#CCC)ccc(C)c4C(=C)C3=C(C)[C@@]2(C)C1=C. The van der Waals surface area contributed by atoms with Gasteiger partial charge in [0, 0.05) is 17.4 Å². The summed E-state index contributed by atoms with van der Waals surface area (Å²) in [5.41, 5.74) is 14.5. The Bertz CT molecular complexity index is 1250. The molecule has 0 spiro atoms. The summed E-state index contributed by atoms with van der Waals surface area (Å²) in [5, 5.41) is 0. The third-order valence-electron chi connectivity index (χ3n) is 9.22. The fourth-order valence-corrected chi connectivity index (χ4v) is 7.84. The zero-order valence-corrected chi connectivity index (χ0v) is 22.1. The van der Waals surface area contributed by atoms with Gasteiger partial charge < -0.3 is 0 Å². The van der Waals surface area contributed by atoms with Crippen molar-refractivity contribution in [2.24, 2.45) is 16.2 Å². The monoisotopic (exact) mass is 436 g/mol. The van der Waals surface area contributed by atoms with E-state index in [9.17, 15) is 0 Å². The van der Waals surface area contributed by atoms with Crippen LogP contribution in [0.15, 0.2) is 65.3 Å². The van der Waals surface area contributed by atoms with Crippen LogP contribution in [0.2, 0.25) is 0 Å². The highest BCUT2D eigenvalue weighted by Gasteiger charge is 2.59. The second-order valence-electron chi connectivity index (χ2n) is 11.6. The zero-order chi connectivity index (χ0) is 24.5. The Morgan fingerprint density at radius 3 is 2.33 bits per heavy atom. The molecule has 0 heterocycles. The summed E-state index contributed by atoms with van der Waals surface area (Å²) in [4.78, 5) is 0. The molecule has 0 unspecified atom stereocenters. The molecule has 1 aromatic carbocycles. The normalized spacial score (nSPS) is 30.9. The quantitative estimate of drug-likeness (QED) is 0.385. The average Bonchev–Trinajstić information content (AvgIpc) is 2.69. The fourth-order valence-electron chi connectivity index (χ4n) is 7.84. The summed E-state index contributed by atoms with van der Waals surface area (Å²) in [6, 6.07) is 4.44. The smallest absolute Gasteiger partial charge is 0.0283 e. The Labute approximate surface area is 202 Å². The maximum absolute atomic E-state index is 4.74. The standard InChI is InChI=1S/C33H40/c1-12-13-14-26-16-15-21(4)29-23(6)30-25(8)33(11)24(7)28(20(2)3)22(5)17-32(33,10)19-31(30,9)18-27(26)29/h15-16H,2,6-7,12,17-19H2,1,3-5,8-11H3/t31-,32+,33-/m1/s1. The molecule has 0 saturated carbocycles. The second-order valence-corrected chi connectivity index (χ2v) is 11.6. The molecule has 172 valence electrons. The lowest BCUT2D eigenvalue weighted by molar-refractivity contribution is 0.0544. The predicted molar refractivity (Wildman–Crippen MR) is 144 cm³/mol. The van der Waals surface area contributed by atoms with Gasteiger partial charge in [-0.2, -0.15) is 0 Å². The predicted octanol–water partition coefficient (Wildman–Crippen LogP) is 8.92. The van der Waals surface area contributed by atoms with E-state index in [0.29, 0.717) is 0 Å². The molecule has 1 aromatic rings. The molecule has 33 heavy (non-hydrogen) atoms. The highest BCUT2D eigenvalue weighted by atomic mass is 14.6. The van der Waals surface area contributed by atoms with E-state index in [1.54, 1.807) is 0 Å². The Balaban J connectivity index is 2.01. The molecule has 0 heteroatoms. The van der Waals surface area contributed by atoms with Crippen molar-refractivity contribution in [3.63, 3.8) is 0 Å². The molecule has 0 saturated heterocycles. The highest BCUT2D eigenvalue weighted by Crippen LogP contribution is 2.70. The number of fused-ring (bicyclic) bond motifs is 3. The van der Waals surface area contributed by atoms with Gasteiger partial charge in [0.25, 0.3) is 0 Å². The first-order valence-corrected chi connectivity index (χ1v) is 12.4. The molecule has 0 radical (unpaired) electrons. The van der Waals surface area contributed by atoms with E-state index in [1.165, 1.54) is 55.7 Å². The van der Waals surface area contributed by atoms with Crippen LogP contribution in [0, 0.1) is 35.0 Å². The Kier molecular flexibility index (Phi) is 5.37. The van der Waals surface area contributed by atoms with Crippen LogP contribution in [-0.4, -0.2) is 0 Å². The maximum atomic E-state index is 4.74. The Hall–Kier alpha value is -2.52. The van der Waals surface area contributed by atoms with E-state index in [-0.39, 0.29) is 16.2 Å². The van der Waals surface area contributed by atoms with Gasteiger partial charge in [-0.05, 0) is 103 Å². The van der Waals surface area contributed by atoms with Crippen LogP contribution in [0.4, 0.5) is 0 Å². The first-order chi connectivity index (χ1) is 15.3. The topological polar surface area (TPSA) is 0 Å². The van der Waals surface area contributed by atoms with E-state index in [1.807, 2.05) is 0 Å². The van der Waals surface area contributed by atoms with Gasteiger partial charge in [0.2, 0.25) is 0 Å². The minimum absolute atomic E-state index is 0.0418. The molecular weight excluding hydrogens is 396 g/mol. The Morgan fingerprint density at radius 1 is 1.06 bits per heavy atom. The van der Waals surface area contributed by atoms with Crippen LogP contribution in [0.25, 0.3) is 5.57 Å². The van der Waals surface area contributed by atoms with Crippen molar-refractivity contribution in [1.29, 1.82) is 0 Å². The van der Waals surface area contributed by atoms with E-state index >= 15 is 0 Å². The molecular formula is C33H40. The summed E-state index contributed by atoms with van der Waals surface area (Å²) in [5.74, 6) is 6.77. The minimum atomic E-state index is -0.108. The van der Waals surface area contributed by atoms with Crippen molar-refractivity contribution < 1.29 is 0 Å². The summed E-state index contributed by atoms with van der Waals surface area (Å²) in [6.07, 6.45) is 4.11. The first kappa shape index (κ1) is 23.6. The maximum Gasteiger partial charge on any atom is 0.0283 e. The molecule has 0 amide bonds. The van der Waals surface area contributed by atoms with Crippen molar-refractivity contribution in [2.45, 2.75) is 81.1 Å². The van der Waals surface area contributed by atoms with Gasteiger partial charge in [0.1, 0.15) is 0 Å². The molecule has 4 rings (SSSR count). The van der Waals surface area contributed by atoms with Gasteiger partial charge in [-0.15, -0.1) is 0 Å². The largest absolute Gasteiger partial charge is 0.0982 e. The van der Waals surface area contributed by atoms with E-state index in [0.717, 1.165) is 31.3 Å². The van der Waals surface area contributed by atoms with Gasteiger partial charge in [0.05, 0.1) is 0 Å². The number of allylic oxidation sites excluding steroid dienone is 7. The van der Waals surface area contributed by atoms with Crippen molar-refractivity contribution in [3.05, 3.63) is 87.6 Å². The highest BCUT2D eigenvalue weighted by molar-refractivity contribution is 5.87. The third kappa shape index (κ3) is 3.05. The molecule has 0 bridgehead atoms. The van der Waals surface area contributed by atoms with E-state index < -0.39 is 0 Å². The van der Waals surface area contributed by atoms with Crippen LogP contribution >= 0.6 is 0 Å². The second kappa shape index (κ2) is 7.50. The van der Waals surface area contributed by atoms with Gasteiger partial charge >= 0.3 is 0 Å². The zero-order valence-electron chi connectivity index (χ0n) is 22.1. The van der Waals surface area contributed by atoms with Gasteiger partial charge in [-0.1, -0.05) is 82.1 Å². The fraction of sp³-hybridized carbons (Fsp3) is 0.455. The summed E-state index contributed by atoms with van der Waals surface area (Å²) >= 11 is 0. The lowest BCUT2D eigenvalue weighted by Gasteiger charge is -2.62. The molecule has 3 aliphatic rings. The van der Waals surface area contributed by atoms with Crippen molar-refractivity contribution in [3.8, 4) is 11.8 Å². The van der Waals surface area contributed by atoms with Crippen LogP contribution in [-0.2, 0) is 6.42 Å². The summed E-state index contributed by atoms with van der Waals surface area (Å²) < 4.78 is 0. The molecule has 3 aliphatic carbocycles. The number of benzene rings is 1. The van der Waals surface area contributed by atoms with Crippen LogP contribution in [0.3, 0.4) is 0 Å². The first-order valence-electron chi connectivity index (χ1n) is 12.4. The van der Waals surface area contributed by atoms with Crippen LogP contribution < -0.4 is 0 Å². The number of aryl methyl sites for hydroxylation is 1. The lowest BCUT2D eigenvalue weighted by atomic mass is 9.41. The van der Waals surface area contributed by atoms with Crippen molar-refractivity contribution in [2.75, 3.05) is 0 Å². The summed E-state index contributed by atoms with van der Waals surface area (Å²) in [7, 11) is 0. The van der Waals surface area contributed by atoms with Gasteiger partial charge in [-0.3, -0.25) is 0 Å². The number of hydrogen-bond donors (Lipinski definition) is 0. The molecule has 0 fully saturated rings. The van der Waals surface area contributed by atoms with Crippen LogP contribution in [0.1, 0.15) is 90.0 Å². The lowest BCUT2D eigenvalue weighted by Crippen LogP contribution is -2.52. The molecule has 0 aromatic heterocycles. The van der Waals surface area contributed by atoms with Gasteiger partial charge in [-0.25, -0.2) is 0 Å². The number of rotatable bonds is 1. The Morgan fingerprint density at radius 2 is 1.73 bits per heavy atom. The van der Waals surface area contributed by atoms with Crippen molar-refractivity contribution in [1.82, 2.24) is 0 Å². The molecule has 0 nitrogen and oxygen atoms in total. The number of hydrogen-bond acceptors (Lipinski definition) is 0. The van der Waals surface area contributed by atoms with Crippen LogP contribution in [0.5, 0.6) is 0 Å². The molecule has 0 N–H and O–H groups in total. The summed E-state index contributed by atoms with van der Waals surface area (Å²) in [6.45, 7) is 32.3. The third-order valence-corrected chi connectivity index (χ3v) is 9.22. The molecule has 3 atom stereocenters.